The first-order valence-corrected chi connectivity index (χ1v) is 6.87. The van der Waals surface area contributed by atoms with Gasteiger partial charge in [0.25, 0.3) is 5.91 Å². The fraction of sp³-hybridized carbons (Fsp3) is 0.533. The number of rotatable bonds is 3. The predicted molar refractivity (Wildman–Crippen MR) is 80.7 cm³/mol. The van der Waals surface area contributed by atoms with E-state index in [1.54, 1.807) is 0 Å². The van der Waals surface area contributed by atoms with E-state index in [0.29, 0.717) is 6.54 Å². The third-order valence-electron chi connectivity index (χ3n) is 3.99. The molecule has 0 aliphatic carbocycles. The molecular formula is C15H21ClF2N2O. The normalized spacial score (nSPS) is 20.5. The summed E-state index contributed by atoms with van der Waals surface area (Å²) in [6.07, 6.45) is 2.19. The number of hydrogen-bond acceptors (Lipinski definition) is 2. The Morgan fingerprint density at radius 3 is 2.81 bits per heavy atom. The molecule has 2 N–H and O–H groups in total. The smallest absolute Gasteiger partial charge is 0.254 e. The number of benzene rings is 1. The van der Waals surface area contributed by atoms with Crippen LogP contribution in [-0.4, -0.2) is 25.0 Å². The van der Waals surface area contributed by atoms with Gasteiger partial charge in [0.1, 0.15) is 0 Å². The summed E-state index contributed by atoms with van der Waals surface area (Å²) in [5.41, 5.74) is -0.176. The zero-order chi connectivity index (χ0) is 14.8. The molecule has 0 aromatic heterocycles. The van der Waals surface area contributed by atoms with Crippen LogP contribution < -0.4 is 10.6 Å². The standard InChI is InChI=1S/C15H20F2N2O.ClH/c1-15(2)7-4-8-18-12(15)9-19-14(20)10-5-3-6-11(16)13(10)17;/h3,5-6,12,18H,4,7-9H2,1-2H3,(H,19,20);1H. The molecule has 0 radical (unpaired) electrons. The third-order valence-corrected chi connectivity index (χ3v) is 3.99. The minimum Gasteiger partial charge on any atom is -0.350 e. The van der Waals surface area contributed by atoms with Crippen molar-refractivity contribution < 1.29 is 13.6 Å². The lowest BCUT2D eigenvalue weighted by atomic mass is 9.77. The molecule has 1 amide bonds. The van der Waals surface area contributed by atoms with Crippen molar-refractivity contribution in [1.29, 1.82) is 0 Å². The van der Waals surface area contributed by atoms with Crippen LogP contribution in [0.15, 0.2) is 18.2 Å². The molecular weight excluding hydrogens is 298 g/mol. The highest BCUT2D eigenvalue weighted by Crippen LogP contribution is 2.29. The first kappa shape index (κ1) is 17.9. The summed E-state index contributed by atoms with van der Waals surface area (Å²) >= 11 is 0. The molecule has 21 heavy (non-hydrogen) atoms. The zero-order valence-corrected chi connectivity index (χ0v) is 13.0. The van der Waals surface area contributed by atoms with E-state index >= 15 is 0 Å². The quantitative estimate of drug-likeness (QED) is 0.899. The molecule has 2 rings (SSSR count). The van der Waals surface area contributed by atoms with Gasteiger partial charge in [-0.05, 0) is 36.9 Å². The Morgan fingerprint density at radius 2 is 2.14 bits per heavy atom. The molecule has 1 fully saturated rings. The van der Waals surface area contributed by atoms with E-state index in [-0.39, 0.29) is 29.4 Å². The van der Waals surface area contributed by atoms with Gasteiger partial charge < -0.3 is 10.6 Å². The minimum absolute atomic E-state index is 0. The van der Waals surface area contributed by atoms with Crippen molar-refractivity contribution >= 4 is 18.3 Å². The summed E-state index contributed by atoms with van der Waals surface area (Å²) in [5.74, 6) is -2.68. The first-order valence-electron chi connectivity index (χ1n) is 6.87. The molecule has 1 aromatic rings. The van der Waals surface area contributed by atoms with E-state index in [1.165, 1.54) is 12.1 Å². The second-order valence-electron chi connectivity index (χ2n) is 5.91. The van der Waals surface area contributed by atoms with Crippen LogP contribution in [0.25, 0.3) is 0 Å². The van der Waals surface area contributed by atoms with Crippen LogP contribution in [0.1, 0.15) is 37.0 Å². The summed E-state index contributed by atoms with van der Waals surface area (Å²) in [4.78, 5) is 11.9. The summed E-state index contributed by atoms with van der Waals surface area (Å²) in [6.45, 7) is 5.59. The maximum Gasteiger partial charge on any atom is 0.254 e. The van der Waals surface area contributed by atoms with Gasteiger partial charge in [0.2, 0.25) is 0 Å². The van der Waals surface area contributed by atoms with Crippen LogP contribution in [0.5, 0.6) is 0 Å². The van der Waals surface area contributed by atoms with Crippen LogP contribution >= 0.6 is 12.4 Å². The third kappa shape index (κ3) is 4.14. The number of halogens is 3. The van der Waals surface area contributed by atoms with Gasteiger partial charge in [0.15, 0.2) is 11.6 Å². The molecule has 1 aliphatic rings. The second-order valence-corrected chi connectivity index (χ2v) is 5.91. The maximum atomic E-state index is 13.5. The van der Waals surface area contributed by atoms with Crippen molar-refractivity contribution in [3.63, 3.8) is 0 Å². The average Bonchev–Trinajstić information content (AvgIpc) is 2.40. The van der Waals surface area contributed by atoms with Crippen molar-refractivity contribution in [3.05, 3.63) is 35.4 Å². The number of nitrogens with one attached hydrogen (secondary N) is 2. The number of piperidine rings is 1. The molecule has 1 saturated heterocycles. The maximum absolute atomic E-state index is 13.5. The molecule has 1 aliphatic heterocycles. The Bertz CT molecular complexity index is 508. The minimum atomic E-state index is -1.10. The summed E-state index contributed by atoms with van der Waals surface area (Å²) in [5, 5.41) is 6.04. The first-order chi connectivity index (χ1) is 9.42. The van der Waals surface area contributed by atoms with Crippen LogP contribution in [0, 0.1) is 17.0 Å². The summed E-state index contributed by atoms with van der Waals surface area (Å²) in [7, 11) is 0. The highest BCUT2D eigenvalue weighted by molar-refractivity contribution is 5.94. The number of amides is 1. The van der Waals surface area contributed by atoms with Crippen LogP contribution in [0.4, 0.5) is 8.78 Å². The molecule has 3 nitrogen and oxygen atoms in total. The lowest BCUT2D eigenvalue weighted by Gasteiger charge is -2.39. The Kier molecular flexibility index (Phi) is 6.10. The lowest BCUT2D eigenvalue weighted by molar-refractivity contribution is 0.0924. The fourth-order valence-corrected chi connectivity index (χ4v) is 2.59. The number of hydrogen-bond donors (Lipinski definition) is 2. The summed E-state index contributed by atoms with van der Waals surface area (Å²) in [6, 6.07) is 3.75. The zero-order valence-electron chi connectivity index (χ0n) is 12.2. The van der Waals surface area contributed by atoms with E-state index < -0.39 is 17.5 Å². The van der Waals surface area contributed by atoms with Gasteiger partial charge in [0, 0.05) is 12.6 Å². The van der Waals surface area contributed by atoms with Gasteiger partial charge >= 0.3 is 0 Å². The molecule has 0 spiro atoms. The van der Waals surface area contributed by atoms with Crippen molar-refractivity contribution in [2.45, 2.75) is 32.7 Å². The Morgan fingerprint density at radius 1 is 1.43 bits per heavy atom. The van der Waals surface area contributed by atoms with E-state index in [4.69, 9.17) is 0 Å². The van der Waals surface area contributed by atoms with Crippen molar-refractivity contribution in [2.24, 2.45) is 5.41 Å². The van der Waals surface area contributed by atoms with Crippen molar-refractivity contribution in [3.8, 4) is 0 Å². The molecule has 1 unspecified atom stereocenters. The lowest BCUT2D eigenvalue weighted by Crippen LogP contribution is -2.52. The van der Waals surface area contributed by atoms with Crippen molar-refractivity contribution in [1.82, 2.24) is 10.6 Å². The molecule has 0 saturated carbocycles. The highest BCUT2D eigenvalue weighted by atomic mass is 35.5. The molecule has 6 heteroatoms. The topological polar surface area (TPSA) is 41.1 Å². The van der Waals surface area contributed by atoms with Gasteiger partial charge in [-0.1, -0.05) is 19.9 Å². The highest BCUT2D eigenvalue weighted by Gasteiger charge is 2.32. The van der Waals surface area contributed by atoms with Crippen LogP contribution in [-0.2, 0) is 0 Å². The SMILES string of the molecule is CC1(C)CCCNC1CNC(=O)c1cccc(F)c1F.Cl. The molecule has 118 valence electrons. The Balaban J connectivity index is 0.00000220. The van der Waals surface area contributed by atoms with Gasteiger partial charge in [-0.25, -0.2) is 8.78 Å². The number of carbonyl (C=O) groups excluding carboxylic acids is 1. The number of carbonyl (C=O) groups is 1. The largest absolute Gasteiger partial charge is 0.350 e. The van der Waals surface area contributed by atoms with Gasteiger partial charge in [-0.2, -0.15) is 0 Å². The van der Waals surface area contributed by atoms with E-state index in [2.05, 4.69) is 24.5 Å². The Labute approximate surface area is 129 Å². The van der Waals surface area contributed by atoms with Gasteiger partial charge in [-0.15, -0.1) is 12.4 Å². The monoisotopic (exact) mass is 318 g/mol. The molecule has 1 heterocycles. The van der Waals surface area contributed by atoms with E-state index in [0.717, 1.165) is 25.5 Å². The molecule has 0 bridgehead atoms. The van der Waals surface area contributed by atoms with Gasteiger partial charge in [0.05, 0.1) is 5.56 Å². The average molecular weight is 319 g/mol. The molecule has 1 aromatic carbocycles. The Hall–Kier alpha value is -1.20. The molecule has 1 atom stereocenters. The van der Waals surface area contributed by atoms with Crippen LogP contribution in [0.2, 0.25) is 0 Å². The van der Waals surface area contributed by atoms with Crippen LogP contribution in [0.3, 0.4) is 0 Å². The summed E-state index contributed by atoms with van der Waals surface area (Å²) < 4.78 is 26.6. The second kappa shape index (κ2) is 7.18. The van der Waals surface area contributed by atoms with Crippen molar-refractivity contribution in [2.75, 3.05) is 13.1 Å². The fourth-order valence-electron chi connectivity index (χ4n) is 2.59. The van der Waals surface area contributed by atoms with E-state index in [1.807, 2.05) is 0 Å². The van der Waals surface area contributed by atoms with Gasteiger partial charge in [-0.3, -0.25) is 4.79 Å². The predicted octanol–water partition coefficient (Wildman–Crippen LogP) is 2.89. The van der Waals surface area contributed by atoms with E-state index in [9.17, 15) is 13.6 Å².